The molecule has 1 amide bonds. The minimum Gasteiger partial charge on any atom is -0.478 e. The number of carboxylic acid groups (broad SMARTS) is 1. The fourth-order valence-electron chi connectivity index (χ4n) is 1.57. The average molecular weight is 249 g/mol. The summed E-state index contributed by atoms with van der Waals surface area (Å²) in [5.41, 5.74) is 6.36. The van der Waals surface area contributed by atoms with Crippen LogP contribution < -0.4 is 16.4 Å². The number of anilines is 2. The van der Waals surface area contributed by atoms with Crippen LogP contribution >= 0.6 is 0 Å². The number of rotatable bonds is 5. The zero-order valence-electron chi connectivity index (χ0n) is 9.77. The molecular weight excluding hydrogens is 234 g/mol. The Morgan fingerprint density at radius 2 is 2.11 bits per heavy atom. The molecule has 0 atom stereocenters. The second-order valence-electron chi connectivity index (χ2n) is 4.31. The first kappa shape index (κ1) is 12.2. The summed E-state index contributed by atoms with van der Waals surface area (Å²) in [6.07, 6.45) is 2.04. The molecule has 1 fully saturated rings. The number of carbonyl (C=O) groups is 2. The molecule has 6 nitrogen and oxygen atoms in total. The van der Waals surface area contributed by atoms with E-state index in [4.69, 9.17) is 10.8 Å². The zero-order chi connectivity index (χ0) is 13.1. The maximum atomic E-state index is 11.5. The van der Waals surface area contributed by atoms with E-state index in [0.29, 0.717) is 17.4 Å². The molecule has 2 rings (SSSR count). The molecule has 0 radical (unpaired) electrons. The summed E-state index contributed by atoms with van der Waals surface area (Å²) in [7, 11) is 0. The fraction of sp³-hybridized carbons (Fsp3) is 0.333. The second kappa shape index (κ2) is 4.95. The number of amides is 1. The van der Waals surface area contributed by atoms with E-state index in [1.165, 1.54) is 6.07 Å². The maximum absolute atomic E-state index is 11.5. The first-order chi connectivity index (χ1) is 8.56. The summed E-state index contributed by atoms with van der Waals surface area (Å²) in [6.45, 7) is 0.0562. The number of nitrogens with one attached hydrogen (secondary N) is 2. The van der Waals surface area contributed by atoms with Crippen molar-refractivity contribution in [2.45, 2.75) is 18.9 Å². The van der Waals surface area contributed by atoms with Gasteiger partial charge in [0.2, 0.25) is 5.91 Å². The Morgan fingerprint density at radius 1 is 1.39 bits per heavy atom. The van der Waals surface area contributed by atoms with Crippen LogP contribution in [0.15, 0.2) is 18.2 Å². The summed E-state index contributed by atoms with van der Waals surface area (Å²) in [4.78, 5) is 22.5. The van der Waals surface area contributed by atoms with Crippen molar-refractivity contribution in [2.75, 3.05) is 17.6 Å². The molecule has 0 aromatic heterocycles. The Balaban J connectivity index is 1.99. The van der Waals surface area contributed by atoms with Gasteiger partial charge in [0.05, 0.1) is 12.1 Å². The number of nitrogen functional groups attached to an aromatic ring is 1. The van der Waals surface area contributed by atoms with Crippen LogP contribution in [0.2, 0.25) is 0 Å². The van der Waals surface area contributed by atoms with Gasteiger partial charge in [0, 0.05) is 17.4 Å². The Kier molecular flexibility index (Phi) is 3.36. The zero-order valence-corrected chi connectivity index (χ0v) is 9.77. The van der Waals surface area contributed by atoms with Gasteiger partial charge in [0.1, 0.15) is 0 Å². The standard InChI is InChI=1S/C12H15N3O3/c13-7-1-4-10(9(5-7)12(17)18)14-6-11(16)15-8-2-3-8/h1,4-5,8,14H,2-3,6,13H2,(H,15,16)(H,17,18). The normalized spacial score (nSPS) is 14.0. The average Bonchev–Trinajstić information content (AvgIpc) is 3.11. The third-order valence-corrected chi connectivity index (χ3v) is 2.66. The van der Waals surface area contributed by atoms with Gasteiger partial charge in [0.15, 0.2) is 0 Å². The Morgan fingerprint density at radius 3 is 2.72 bits per heavy atom. The molecule has 18 heavy (non-hydrogen) atoms. The van der Waals surface area contributed by atoms with Crippen molar-refractivity contribution in [3.05, 3.63) is 23.8 Å². The van der Waals surface area contributed by atoms with Gasteiger partial charge in [-0.1, -0.05) is 0 Å². The maximum Gasteiger partial charge on any atom is 0.337 e. The van der Waals surface area contributed by atoms with Gasteiger partial charge >= 0.3 is 5.97 Å². The third kappa shape index (κ3) is 3.13. The van der Waals surface area contributed by atoms with Gasteiger partial charge in [-0.3, -0.25) is 4.79 Å². The van der Waals surface area contributed by atoms with Crippen LogP contribution in [0.4, 0.5) is 11.4 Å². The number of carboxylic acids is 1. The van der Waals surface area contributed by atoms with E-state index < -0.39 is 5.97 Å². The molecule has 0 unspecified atom stereocenters. The van der Waals surface area contributed by atoms with Crippen molar-refractivity contribution in [2.24, 2.45) is 0 Å². The molecule has 1 aromatic carbocycles. The van der Waals surface area contributed by atoms with E-state index in [0.717, 1.165) is 12.8 Å². The summed E-state index contributed by atoms with van der Waals surface area (Å²) in [5, 5.41) is 14.6. The molecule has 1 saturated carbocycles. The lowest BCUT2D eigenvalue weighted by Gasteiger charge is -2.10. The molecule has 96 valence electrons. The second-order valence-corrected chi connectivity index (χ2v) is 4.31. The van der Waals surface area contributed by atoms with Crippen LogP contribution in [0.1, 0.15) is 23.2 Å². The van der Waals surface area contributed by atoms with Gasteiger partial charge in [-0.2, -0.15) is 0 Å². The van der Waals surface area contributed by atoms with Crippen LogP contribution in [0.3, 0.4) is 0 Å². The molecule has 1 aliphatic carbocycles. The van der Waals surface area contributed by atoms with Crippen LogP contribution in [-0.4, -0.2) is 29.6 Å². The quantitative estimate of drug-likeness (QED) is 0.574. The van der Waals surface area contributed by atoms with Crippen LogP contribution in [0.25, 0.3) is 0 Å². The largest absolute Gasteiger partial charge is 0.478 e. The summed E-state index contributed by atoms with van der Waals surface area (Å²) in [5.74, 6) is -1.21. The van der Waals surface area contributed by atoms with Crippen molar-refractivity contribution in [1.29, 1.82) is 0 Å². The predicted molar refractivity (Wildman–Crippen MR) is 67.5 cm³/mol. The lowest BCUT2D eigenvalue weighted by molar-refractivity contribution is -0.119. The lowest BCUT2D eigenvalue weighted by Crippen LogP contribution is -2.31. The van der Waals surface area contributed by atoms with E-state index in [1.807, 2.05) is 0 Å². The van der Waals surface area contributed by atoms with Gasteiger partial charge in [-0.25, -0.2) is 4.79 Å². The lowest BCUT2D eigenvalue weighted by atomic mass is 10.1. The van der Waals surface area contributed by atoms with Crippen molar-refractivity contribution >= 4 is 23.3 Å². The van der Waals surface area contributed by atoms with Gasteiger partial charge in [0.25, 0.3) is 0 Å². The molecule has 0 aliphatic heterocycles. The minimum atomic E-state index is -1.08. The first-order valence-corrected chi connectivity index (χ1v) is 5.72. The minimum absolute atomic E-state index is 0.0562. The first-order valence-electron chi connectivity index (χ1n) is 5.72. The molecule has 5 N–H and O–H groups in total. The van der Waals surface area contributed by atoms with Gasteiger partial charge in [-0.15, -0.1) is 0 Å². The van der Waals surface area contributed by atoms with Crippen LogP contribution in [0, 0.1) is 0 Å². The summed E-state index contributed by atoms with van der Waals surface area (Å²) < 4.78 is 0. The molecule has 0 saturated heterocycles. The number of hydrogen-bond donors (Lipinski definition) is 4. The monoisotopic (exact) mass is 249 g/mol. The molecule has 0 bridgehead atoms. The van der Waals surface area contributed by atoms with Crippen LogP contribution in [0.5, 0.6) is 0 Å². The van der Waals surface area contributed by atoms with Crippen LogP contribution in [-0.2, 0) is 4.79 Å². The molecule has 1 aliphatic rings. The fourth-order valence-corrected chi connectivity index (χ4v) is 1.57. The van der Waals surface area contributed by atoms with E-state index >= 15 is 0 Å². The topological polar surface area (TPSA) is 104 Å². The predicted octanol–water partition coefficient (Wildman–Crippen LogP) is 0.657. The summed E-state index contributed by atoms with van der Waals surface area (Å²) >= 11 is 0. The van der Waals surface area contributed by atoms with E-state index in [2.05, 4.69) is 10.6 Å². The molecule has 0 spiro atoms. The highest BCUT2D eigenvalue weighted by Gasteiger charge is 2.23. The van der Waals surface area contributed by atoms with E-state index in [1.54, 1.807) is 12.1 Å². The highest BCUT2D eigenvalue weighted by molar-refractivity contribution is 5.96. The SMILES string of the molecule is Nc1ccc(NCC(=O)NC2CC2)c(C(=O)O)c1. The number of hydrogen-bond acceptors (Lipinski definition) is 4. The molecule has 1 aromatic rings. The highest BCUT2D eigenvalue weighted by atomic mass is 16.4. The van der Waals surface area contributed by atoms with Crippen molar-refractivity contribution < 1.29 is 14.7 Å². The van der Waals surface area contributed by atoms with E-state index in [-0.39, 0.29) is 18.0 Å². The molecule has 0 heterocycles. The van der Waals surface area contributed by atoms with Gasteiger partial charge < -0.3 is 21.5 Å². The van der Waals surface area contributed by atoms with Crippen molar-refractivity contribution in [1.82, 2.24) is 5.32 Å². The Bertz CT molecular complexity index is 483. The molecular formula is C12H15N3O3. The number of aromatic carboxylic acids is 1. The number of benzene rings is 1. The smallest absolute Gasteiger partial charge is 0.337 e. The Hall–Kier alpha value is -2.24. The van der Waals surface area contributed by atoms with E-state index in [9.17, 15) is 9.59 Å². The number of carbonyl (C=O) groups excluding carboxylic acids is 1. The van der Waals surface area contributed by atoms with Crippen molar-refractivity contribution in [3.8, 4) is 0 Å². The third-order valence-electron chi connectivity index (χ3n) is 2.66. The Labute approximate surface area is 104 Å². The highest BCUT2D eigenvalue weighted by Crippen LogP contribution is 2.20. The number of nitrogens with two attached hydrogens (primary N) is 1. The van der Waals surface area contributed by atoms with Crippen molar-refractivity contribution in [3.63, 3.8) is 0 Å². The van der Waals surface area contributed by atoms with Gasteiger partial charge in [-0.05, 0) is 31.0 Å². The molecule has 6 heteroatoms. The summed E-state index contributed by atoms with van der Waals surface area (Å²) in [6, 6.07) is 4.81.